The van der Waals surface area contributed by atoms with Gasteiger partial charge in [-0.05, 0) is 24.6 Å². The lowest BCUT2D eigenvalue weighted by molar-refractivity contribution is 0.591. The van der Waals surface area contributed by atoms with E-state index in [1.807, 2.05) is 0 Å². The topological polar surface area (TPSA) is 62.8 Å². The fourth-order valence-corrected chi connectivity index (χ4v) is 2.76. The molecule has 0 atom stereocenters. The van der Waals surface area contributed by atoms with Gasteiger partial charge in [-0.3, -0.25) is 5.10 Å². The van der Waals surface area contributed by atoms with Crippen LogP contribution in [0.3, 0.4) is 0 Å². The molecule has 0 unspecified atom stereocenters. The maximum Gasteiger partial charge on any atom is 0.225 e. The highest BCUT2D eigenvalue weighted by molar-refractivity contribution is 7.91. The number of hydrogen-bond acceptors (Lipinski definition) is 3. The number of rotatable bonds is 2. The van der Waals surface area contributed by atoms with Crippen molar-refractivity contribution < 1.29 is 8.42 Å². The van der Waals surface area contributed by atoms with Crippen LogP contribution >= 0.6 is 0 Å². The summed E-state index contributed by atoms with van der Waals surface area (Å²) in [7, 11) is -3.47. The molecule has 0 radical (unpaired) electrons. The van der Waals surface area contributed by atoms with Crippen molar-refractivity contribution in [3.8, 4) is 0 Å². The van der Waals surface area contributed by atoms with Crippen molar-refractivity contribution >= 4 is 9.84 Å². The zero-order valence-corrected chi connectivity index (χ0v) is 8.95. The Bertz CT molecular complexity index is 559. The molecule has 1 aromatic heterocycles. The fraction of sp³-hybridized carbons (Fsp3) is 0.100. The van der Waals surface area contributed by atoms with E-state index in [2.05, 4.69) is 10.2 Å². The first-order valence-corrected chi connectivity index (χ1v) is 5.91. The Morgan fingerprint density at radius 1 is 1.20 bits per heavy atom. The molecule has 0 amide bonds. The zero-order chi connectivity index (χ0) is 10.9. The van der Waals surface area contributed by atoms with Gasteiger partial charge in [-0.25, -0.2) is 8.42 Å². The summed E-state index contributed by atoms with van der Waals surface area (Å²) in [5, 5.41) is 6.24. The molecule has 0 saturated carbocycles. The molecule has 1 N–H and O–H groups in total. The standard InChI is InChI=1S/C10H10N2O2S/c1-8-4-2-3-5-9(8)15(13,14)10-6-7-11-12-10/h2-7H,1H3,(H,11,12). The van der Waals surface area contributed by atoms with Crippen LogP contribution in [0.1, 0.15) is 5.56 Å². The first-order chi connectivity index (χ1) is 7.12. The molecule has 0 bridgehead atoms. The van der Waals surface area contributed by atoms with Gasteiger partial charge in [-0.2, -0.15) is 5.10 Å². The van der Waals surface area contributed by atoms with Crippen molar-refractivity contribution in [3.05, 3.63) is 42.1 Å². The summed E-state index contributed by atoms with van der Waals surface area (Å²) in [5.74, 6) is 0. The van der Waals surface area contributed by atoms with Gasteiger partial charge in [-0.15, -0.1) is 0 Å². The average Bonchev–Trinajstić information content (AvgIpc) is 2.71. The number of aromatic amines is 1. The highest BCUT2D eigenvalue weighted by atomic mass is 32.2. The van der Waals surface area contributed by atoms with E-state index < -0.39 is 9.84 Å². The summed E-state index contributed by atoms with van der Waals surface area (Å²) in [4.78, 5) is 0.303. The van der Waals surface area contributed by atoms with Crippen LogP contribution in [0.2, 0.25) is 0 Å². The van der Waals surface area contributed by atoms with Gasteiger partial charge in [0.15, 0.2) is 5.03 Å². The Morgan fingerprint density at radius 2 is 1.93 bits per heavy atom. The number of sulfone groups is 1. The van der Waals surface area contributed by atoms with Crippen LogP contribution in [0.25, 0.3) is 0 Å². The number of benzene rings is 1. The van der Waals surface area contributed by atoms with E-state index in [0.29, 0.717) is 4.90 Å². The molecule has 2 rings (SSSR count). The van der Waals surface area contributed by atoms with Crippen molar-refractivity contribution in [2.45, 2.75) is 16.8 Å². The van der Waals surface area contributed by atoms with Crippen LogP contribution in [-0.4, -0.2) is 18.6 Å². The maximum absolute atomic E-state index is 12.0. The van der Waals surface area contributed by atoms with Crippen molar-refractivity contribution in [1.29, 1.82) is 0 Å². The number of H-pyrrole nitrogens is 1. The minimum atomic E-state index is -3.47. The Morgan fingerprint density at radius 3 is 2.53 bits per heavy atom. The molecule has 0 fully saturated rings. The highest BCUT2D eigenvalue weighted by Crippen LogP contribution is 2.21. The molecular weight excluding hydrogens is 212 g/mol. The van der Waals surface area contributed by atoms with Gasteiger partial charge in [0, 0.05) is 6.20 Å². The second-order valence-corrected chi connectivity index (χ2v) is 5.05. The van der Waals surface area contributed by atoms with Crippen molar-refractivity contribution in [1.82, 2.24) is 10.2 Å². The van der Waals surface area contributed by atoms with Gasteiger partial charge in [0.1, 0.15) is 0 Å². The molecule has 1 heterocycles. The maximum atomic E-state index is 12.0. The summed E-state index contributed by atoms with van der Waals surface area (Å²) < 4.78 is 24.1. The largest absolute Gasteiger partial charge is 0.284 e. The van der Waals surface area contributed by atoms with Crippen molar-refractivity contribution in [2.75, 3.05) is 0 Å². The molecule has 0 aliphatic carbocycles. The number of nitrogens with zero attached hydrogens (tertiary/aromatic N) is 1. The van der Waals surface area contributed by atoms with Gasteiger partial charge in [0.2, 0.25) is 9.84 Å². The van der Waals surface area contributed by atoms with Crippen LogP contribution in [0.15, 0.2) is 46.5 Å². The lowest BCUT2D eigenvalue weighted by Crippen LogP contribution is -2.04. The predicted molar refractivity (Wildman–Crippen MR) is 55.2 cm³/mol. The molecular formula is C10H10N2O2S. The van der Waals surface area contributed by atoms with Crippen LogP contribution in [0.4, 0.5) is 0 Å². The minimum absolute atomic E-state index is 0.0526. The average molecular weight is 222 g/mol. The monoisotopic (exact) mass is 222 g/mol. The molecule has 78 valence electrons. The molecule has 0 aliphatic heterocycles. The molecule has 0 saturated heterocycles. The third-order valence-corrected chi connectivity index (χ3v) is 3.95. The number of aromatic nitrogens is 2. The first kappa shape index (κ1) is 9.92. The van der Waals surface area contributed by atoms with Gasteiger partial charge in [0.05, 0.1) is 4.90 Å². The second kappa shape index (κ2) is 3.51. The lowest BCUT2D eigenvalue weighted by atomic mass is 10.2. The van der Waals surface area contributed by atoms with E-state index in [0.717, 1.165) is 5.56 Å². The third-order valence-electron chi connectivity index (χ3n) is 2.13. The first-order valence-electron chi connectivity index (χ1n) is 4.43. The highest BCUT2D eigenvalue weighted by Gasteiger charge is 2.20. The lowest BCUT2D eigenvalue weighted by Gasteiger charge is -2.03. The Hall–Kier alpha value is -1.62. The number of hydrogen-bond donors (Lipinski definition) is 1. The fourth-order valence-electron chi connectivity index (χ4n) is 1.37. The van der Waals surface area contributed by atoms with Crippen molar-refractivity contribution in [3.63, 3.8) is 0 Å². The third kappa shape index (κ3) is 1.66. The van der Waals surface area contributed by atoms with E-state index in [1.54, 1.807) is 31.2 Å². The second-order valence-electron chi connectivity index (χ2n) is 3.18. The molecule has 2 aromatic rings. The van der Waals surface area contributed by atoms with E-state index in [-0.39, 0.29) is 5.03 Å². The van der Waals surface area contributed by atoms with E-state index in [9.17, 15) is 8.42 Å². The summed E-state index contributed by atoms with van der Waals surface area (Å²) in [6.07, 6.45) is 1.49. The summed E-state index contributed by atoms with van der Waals surface area (Å²) >= 11 is 0. The van der Waals surface area contributed by atoms with Crippen LogP contribution in [0.5, 0.6) is 0 Å². The Labute approximate surface area is 87.9 Å². The molecule has 1 aromatic carbocycles. The normalized spacial score (nSPS) is 11.5. The summed E-state index contributed by atoms with van der Waals surface area (Å²) in [5.41, 5.74) is 0.723. The van der Waals surface area contributed by atoms with E-state index in [1.165, 1.54) is 12.3 Å². The van der Waals surface area contributed by atoms with Gasteiger partial charge < -0.3 is 0 Å². The zero-order valence-electron chi connectivity index (χ0n) is 8.14. The Balaban J connectivity index is 2.62. The SMILES string of the molecule is Cc1ccccc1S(=O)(=O)c1cc[nH]n1. The number of aryl methyl sites for hydroxylation is 1. The van der Waals surface area contributed by atoms with E-state index >= 15 is 0 Å². The molecule has 0 aliphatic rings. The van der Waals surface area contributed by atoms with Gasteiger partial charge in [0.25, 0.3) is 0 Å². The van der Waals surface area contributed by atoms with Gasteiger partial charge >= 0.3 is 0 Å². The minimum Gasteiger partial charge on any atom is -0.284 e. The molecule has 0 spiro atoms. The summed E-state index contributed by atoms with van der Waals surface area (Å²) in [6.45, 7) is 1.76. The molecule has 15 heavy (non-hydrogen) atoms. The van der Waals surface area contributed by atoms with Crippen LogP contribution in [-0.2, 0) is 9.84 Å². The van der Waals surface area contributed by atoms with Crippen molar-refractivity contribution in [2.24, 2.45) is 0 Å². The molecule has 5 heteroatoms. The smallest absolute Gasteiger partial charge is 0.225 e. The molecule has 4 nitrogen and oxygen atoms in total. The van der Waals surface area contributed by atoms with E-state index in [4.69, 9.17) is 0 Å². The Kier molecular flexibility index (Phi) is 2.32. The van der Waals surface area contributed by atoms with Crippen LogP contribution < -0.4 is 0 Å². The predicted octanol–water partition coefficient (Wildman–Crippen LogP) is 1.55. The van der Waals surface area contributed by atoms with Crippen LogP contribution in [0, 0.1) is 6.92 Å². The van der Waals surface area contributed by atoms with Gasteiger partial charge in [-0.1, -0.05) is 18.2 Å². The quantitative estimate of drug-likeness (QED) is 0.838. The summed E-state index contributed by atoms with van der Waals surface area (Å²) in [6, 6.07) is 8.30. The number of nitrogens with one attached hydrogen (secondary N) is 1.